The standard InChI is InChI=1S/C23H32F3N3O4/c1-16(2)29-13-20(32-15-17-4-6-19(7-5-17)33-23(24,25)26)12-28(14-21(29)30)22(31)18-8-10-27(3)11-9-18/h4-7,16,18,20H,8-15H2,1-3H3/t20-/m1/s1. The molecule has 3 rings (SSSR count). The third-order valence-electron chi connectivity index (χ3n) is 6.12. The van der Waals surface area contributed by atoms with Crippen LogP contribution in [0.4, 0.5) is 13.2 Å². The predicted octanol–water partition coefficient (Wildman–Crippen LogP) is 2.89. The molecule has 184 valence electrons. The second kappa shape index (κ2) is 10.7. The minimum absolute atomic E-state index is 0.00990. The van der Waals surface area contributed by atoms with Crippen LogP contribution in [0.15, 0.2) is 24.3 Å². The van der Waals surface area contributed by atoms with Crippen molar-refractivity contribution >= 4 is 11.8 Å². The smallest absolute Gasteiger partial charge is 0.406 e. The molecule has 2 aliphatic heterocycles. The number of halogens is 3. The molecule has 2 amide bonds. The summed E-state index contributed by atoms with van der Waals surface area (Å²) in [5.41, 5.74) is 0.671. The molecular formula is C23H32F3N3O4. The molecular weight excluding hydrogens is 439 g/mol. The Morgan fingerprint density at radius 3 is 2.33 bits per heavy atom. The minimum atomic E-state index is -4.74. The van der Waals surface area contributed by atoms with Gasteiger partial charge >= 0.3 is 6.36 Å². The largest absolute Gasteiger partial charge is 0.573 e. The zero-order valence-corrected chi connectivity index (χ0v) is 19.3. The van der Waals surface area contributed by atoms with Gasteiger partial charge in [-0.05, 0) is 64.5 Å². The summed E-state index contributed by atoms with van der Waals surface area (Å²) in [5, 5.41) is 0. The molecule has 0 N–H and O–H groups in total. The van der Waals surface area contributed by atoms with Crippen LogP contribution in [0.1, 0.15) is 32.3 Å². The highest BCUT2D eigenvalue weighted by Gasteiger charge is 2.35. The molecule has 0 aromatic heterocycles. The van der Waals surface area contributed by atoms with Crippen molar-refractivity contribution < 1.29 is 32.2 Å². The first kappa shape index (κ1) is 25.3. The third-order valence-corrected chi connectivity index (χ3v) is 6.12. The van der Waals surface area contributed by atoms with Gasteiger partial charge in [-0.15, -0.1) is 13.2 Å². The van der Waals surface area contributed by atoms with Crippen LogP contribution >= 0.6 is 0 Å². The van der Waals surface area contributed by atoms with Gasteiger partial charge in [-0.1, -0.05) is 12.1 Å². The van der Waals surface area contributed by atoms with Gasteiger partial charge in [-0.2, -0.15) is 0 Å². The van der Waals surface area contributed by atoms with E-state index in [-0.39, 0.29) is 42.7 Å². The van der Waals surface area contributed by atoms with Crippen LogP contribution in [-0.2, 0) is 20.9 Å². The Labute approximate surface area is 192 Å². The number of amides is 2. The summed E-state index contributed by atoms with van der Waals surface area (Å²) in [6, 6.07) is 5.44. The topological polar surface area (TPSA) is 62.3 Å². The molecule has 0 unspecified atom stereocenters. The summed E-state index contributed by atoms with van der Waals surface area (Å²) in [5.74, 6) is -0.510. The van der Waals surface area contributed by atoms with E-state index >= 15 is 0 Å². The van der Waals surface area contributed by atoms with Gasteiger partial charge in [0.25, 0.3) is 0 Å². The van der Waals surface area contributed by atoms with E-state index in [9.17, 15) is 22.8 Å². The molecule has 0 saturated carbocycles. The number of ether oxygens (including phenoxy) is 2. The van der Waals surface area contributed by atoms with Gasteiger partial charge in [-0.25, -0.2) is 0 Å². The maximum absolute atomic E-state index is 13.2. The number of carbonyl (C=O) groups is 2. The van der Waals surface area contributed by atoms with Gasteiger partial charge in [0.05, 0.1) is 19.3 Å². The molecule has 0 bridgehead atoms. The van der Waals surface area contributed by atoms with Crippen molar-refractivity contribution in [1.29, 1.82) is 0 Å². The lowest BCUT2D eigenvalue weighted by Crippen LogP contribution is -2.46. The minimum Gasteiger partial charge on any atom is -0.406 e. The van der Waals surface area contributed by atoms with E-state index < -0.39 is 12.5 Å². The fourth-order valence-corrected chi connectivity index (χ4v) is 4.23. The van der Waals surface area contributed by atoms with Gasteiger partial charge in [0.15, 0.2) is 0 Å². The van der Waals surface area contributed by atoms with E-state index in [2.05, 4.69) is 9.64 Å². The molecule has 10 heteroatoms. The fourth-order valence-electron chi connectivity index (χ4n) is 4.23. The van der Waals surface area contributed by atoms with Crippen molar-refractivity contribution in [2.45, 2.75) is 51.8 Å². The van der Waals surface area contributed by atoms with Crippen molar-refractivity contribution in [2.24, 2.45) is 5.92 Å². The maximum atomic E-state index is 13.2. The first-order chi connectivity index (χ1) is 15.5. The summed E-state index contributed by atoms with van der Waals surface area (Å²) in [6.45, 7) is 6.37. The van der Waals surface area contributed by atoms with Crippen molar-refractivity contribution in [1.82, 2.24) is 14.7 Å². The van der Waals surface area contributed by atoms with Crippen LogP contribution in [0.25, 0.3) is 0 Å². The predicted molar refractivity (Wildman–Crippen MR) is 115 cm³/mol. The molecule has 0 aliphatic carbocycles. The normalized spacial score (nSPS) is 21.4. The van der Waals surface area contributed by atoms with Crippen molar-refractivity contribution in [2.75, 3.05) is 39.8 Å². The van der Waals surface area contributed by atoms with Crippen LogP contribution < -0.4 is 4.74 Å². The molecule has 2 saturated heterocycles. The molecule has 33 heavy (non-hydrogen) atoms. The molecule has 2 heterocycles. The van der Waals surface area contributed by atoms with Crippen LogP contribution in [0.5, 0.6) is 5.75 Å². The van der Waals surface area contributed by atoms with E-state index in [0.717, 1.165) is 25.9 Å². The fraction of sp³-hybridized carbons (Fsp3) is 0.652. The lowest BCUT2D eigenvalue weighted by Gasteiger charge is -2.32. The van der Waals surface area contributed by atoms with E-state index in [1.165, 1.54) is 24.3 Å². The van der Waals surface area contributed by atoms with Gasteiger partial charge < -0.3 is 24.2 Å². The zero-order valence-electron chi connectivity index (χ0n) is 19.3. The van der Waals surface area contributed by atoms with Crippen LogP contribution in [0.3, 0.4) is 0 Å². The second-order valence-electron chi connectivity index (χ2n) is 9.06. The third kappa shape index (κ3) is 7.33. The average molecular weight is 472 g/mol. The van der Waals surface area contributed by atoms with E-state index in [1.54, 1.807) is 9.80 Å². The number of hydrogen-bond acceptors (Lipinski definition) is 5. The maximum Gasteiger partial charge on any atom is 0.573 e. The highest BCUT2D eigenvalue weighted by atomic mass is 19.4. The highest BCUT2D eigenvalue weighted by Crippen LogP contribution is 2.24. The molecule has 2 fully saturated rings. The lowest BCUT2D eigenvalue weighted by atomic mass is 9.95. The Bertz CT molecular complexity index is 808. The van der Waals surface area contributed by atoms with Gasteiger partial charge in [0.2, 0.25) is 11.8 Å². The Kier molecular flexibility index (Phi) is 8.23. The molecule has 7 nitrogen and oxygen atoms in total. The average Bonchev–Trinajstić information content (AvgIpc) is 2.91. The highest BCUT2D eigenvalue weighted by molar-refractivity contribution is 5.86. The number of nitrogens with zero attached hydrogens (tertiary/aromatic N) is 3. The summed E-state index contributed by atoms with van der Waals surface area (Å²) in [7, 11) is 2.03. The van der Waals surface area contributed by atoms with Gasteiger partial charge in [-0.3, -0.25) is 9.59 Å². The molecule has 0 spiro atoms. The first-order valence-electron chi connectivity index (χ1n) is 11.2. The summed E-state index contributed by atoms with van der Waals surface area (Å²) in [4.78, 5) is 31.5. The first-order valence-corrected chi connectivity index (χ1v) is 11.2. The van der Waals surface area contributed by atoms with Crippen molar-refractivity contribution in [3.8, 4) is 5.75 Å². The van der Waals surface area contributed by atoms with E-state index in [0.29, 0.717) is 18.7 Å². The Morgan fingerprint density at radius 1 is 1.12 bits per heavy atom. The lowest BCUT2D eigenvalue weighted by molar-refractivity contribution is -0.274. The summed E-state index contributed by atoms with van der Waals surface area (Å²) in [6.07, 6.45) is -3.60. The monoisotopic (exact) mass is 471 g/mol. The Hall–Kier alpha value is -2.33. The van der Waals surface area contributed by atoms with Crippen LogP contribution in [0.2, 0.25) is 0 Å². The van der Waals surface area contributed by atoms with Crippen LogP contribution in [0, 0.1) is 5.92 Å². The van der Waals surface area contributed by atoms with Crippen molar-refractivity contribution in [3.63, 3.8) is 0 Å². The number of rotatable bonds is 6. The Morgan fingerprint density at radius 2 is 1.76 bits per heavy atom. The van der Waals surface area contributed by atoms with E-state index in [1.807, 2.05) is 20.9 Å². The van der Waals surface area contributed by atoms with Crippen molar-refractivity contribution in [3.05, 3.63) is 29.8 Å². The zero-order chi connectivity index (χ0) is 24.2. The second-order valence-corrected chi connectivity index (χ2v) is 9.06. The Balaban J connectivity index is 1.65. The summed E-state index contributed by atoms with van der Waals surface area (Å²) < 4.78 is 47.0. The van der Waals surface area contributed by atoms with Gasteiger partial charge in [0, 0.05) is 25.0 Å². The SMILES string of the molecule is CC(C)N1C[C@H](OCc2ccc(OC(F)(F)F)cc2)CN(C(=O)C2CCN(C)CC2)CC1=O. The van der Waals surface area contributed by atoms with Gasteiger partial charge in [0.1, 0.15) is 5.75 Å². The number of carbonyl (C=O) groups excluding carboxylic acids is 2. The quantitative estimate of drug-likeness (QED) is 0.639. The molecule has 2 aliphatic rings. The van der Waals surface area contributed by atoms with E-state index in [4.69, 9.17) is 4.74 Å². The van der Waals surface area contributed by atoms with Crippen LogP contribution in [-0.4, -0.2) is 84.8 Å². The molecule has 0 radical (unpaired) electrons. The number of alkyl halides is 3. The molecule has 1 aromatic rings. The number of benzene rings is 1. The number of likely N-dealkylation sites (tertiary alicyclic amines) is 1. The molecule has 1 atom stereocenters. The summed E-state index contributed by atoms with van der Waals surface area (Å²) >= 11 is 0. The number of hydrogen-bond donors (Lipinski definition) is 0. The number of piperidine rings is 1. The molecule has 1 aromatic carbocycles.